The number of aromatic nitrogens is 3. The number of para-hydroxylation sites is 1. The zero-order valence-electron chi connectivity index (χ0n) is 17.6. The number of nitrogens with one attached hydrogen (secondary N) is 2. The number of rotatable bonds is 8. The predicted molar refractivity (Wildman–Crippen MR) is 120 cm³/mol. The van der Waals surface area contributed by atoms with Gasteiger partial charge in [-0.05, 0) is 47.9 Å². The molecule has 0 saturated carbocycles. The fourth-order valence-electron chi connectivity index (χ4n) is 3.18. The Balaban J connectivity index is 1.34. The number of hydrogen-bond acceptors (Lipinski definition) is 6. The molecule has 0 unspecified atom stereocenters. The van der Waals surface area contributed by atoms with Crippen LogP contribution >= 0.6 is 0 Å². The maximum absolute atomic E-state index is 12.4. The van der Waals surface area contributed by atoms with E-state index in [0.29, 0.717) is 30.4 Å². The van der Waals surface area contributed by atoms with Gasteiger partial charge < -0.3 is 19.9 Å². The second-order valence-electron chi connectivity index (χ2n) is 7.06. The summed E-state index contributed by atoms with van der Waals surface area (Å²) in [5.74, 6) is 1.78. The minimum Gasteiger partial charge on any atom is -0.497 e. The molecule has 2 amide bonds. The number of carbonyl (C=O) groups excluding carboxylic acids is 1. The van der Waals surface area contributed by atoms with E-state index in [1.165, 1.54) is 0 Å². The molecule has 0 fully saturated rings. The fraction of sp³-hybridized carbons (Fsp3) is 0.167. The first-order chi connectivity index (χ1) is 15.7. The maximum atomic E-state index is 12.4. The Kier molecular flexibility index (Phi) is 6.72. The van der Waals surface area contributed by atoms with E-state index in [9.17, 15) is 4.79 Å². The van der Waals surface area contributed by atoms with E-state index in [-0.39, 0.29) is 6.03 Å². The monoisotopic (exact) mass is 429 g/mol. The van der Waals surface area contributed by atoms with Crippen LogP contribution in [0.25, 0.3) is 11.4 Å². The number of urea groups is 1. The van der Waals surface area contributed by atoms with Crippen LogP contribution in [0.2, 0.25) is 0 Å². The van der Waals surface area contributed by atoms with Crippen LogP contribution in [0.5, 0.6) is 5.75 Å². The van der Waals surface area contributed by atoms with Crippen molar-refractivity contribution in [2.75, 3.05) is 19.0 Å². The lowest BCUT2D eigenvalue weighted by molar-refractivity contribution is 0.252. The van der Waals surface area contributed by atoms with Crippen LogP contribution in [0.1, 0.15) is 17.0 Å². The Bertz CT molecular complexity index is 1160. The predicted octanol–water partition coefficient (Wildman–Crippen LogP) is 4.10. The molecule has 0 spiro atoms. The first-order valence-electron chi connectivity index (χ1n) is 10.2. The van der Waals surface area contributed by atoms with E-state index in [4.69, 9.17) is 9.26 Å². The van der Waals surface area contributed by atoms with Crippen molar-refractivity contribution in [3.8, 4) is 17.1 Å². The van der Waals surface area contributed by atoms with Crippen molar-refractivity contribution in [1.82, 2.24) is 20.4 Å². The number of pyridine rings is 1. The molecule has 0 radical (unpaired) electrons. The molecule has 0 aliphatic carbocycles. The smallest absolute Gasteiger partial charge is 0.319 e. The molecule has 2 N–H and O–H groups in total. The van der Waals surface area contributed by atoms with E-state index >= 15 is 0 Å². The molecule has 0 bridgehead atoms. The molecular weight excluding hydrogens is 406 g/mol. The Labute approximate surface area is 185 Å². The summed E-state index contributed by atoms with van der Waals surface area (Å²) in [5.41, 5.74) is 3.52. The van der Waals surface area contributed by atoms with Crippen molar-refractivity contribution in [3.05, 3.63) is 90.1 Å². The molecule has 0 saturated heterocycles. The van der Waals surface area contributed by atoms with Crippen LogP contribution in [0.15, 0.2) is 77.6 Å². The number of benzene rings is 2. The molecule has 8 nitrogen and oxygen atoms in total. The quantitative estimate of drug-likeness (QED) is 0.437. The summed E-state index contributed by atoms with van der Waals surface area (Å²) >= 11 is 0. The lowest BCUT2D eigenvalue weighted by Crippen LogP contribution is -2.30. The summed E-state index contributed by atoms with van der Waals surface area (Å²) in [6.45, 7) is 0.513. The van der Waals surface area contributed by atoms with Crippen LogP contribution in [-0.2, 0) is 12.8 Å². The van der Waals surface area contributed by atoms with Crippen LogP contribution in [0.3, 0.4) is 0 Å². The number of anilines is 1. The van der Waals surface area contributed by atoms with Crippen molar-refractivity contribution in [3.63, 3.8) is 0 Å². The van der Waals surface area contributed by atoms with E-state index < -0.39 is 0 Å². The van der Waals surface area contributed by atoms with Gasteiger partial charge in [-0.3, -0.25) is 4.98 Å². The highest BCUT2D eigenvalue weighted by molar-refractivity contribution is 5.90. The third-order valence-electron chi connectivity index (χ3n) is 4.87. The molecule has 2 heterocycles. The molecule has 2 aromatic carbocycles. The molecule has 4 aromatic rings. The SMILES string of the molecule is COc1ccc(CCNC(=O)Nc2ccccc2Cc2nc(-c3ccncc3)no2)cc1. The second kappa shape index (κ2) is 10.2. The Morgan fingerprint density at radius 2 is 1.81 bits per heavy atom. The van der Waals surface area contributed by atoms with Gasteiger partial charge >= 0.3 is 6.03 Å². The minimum atomic E-state index is -0.269. The first-order valence-corrected chi connectivity index (χ1v) is 10.2. The number of methoxy groups -OCH3 is 1. The van der Waals surface area contributed by atoms with Gasteiger partial charge in [0.15, 0.2) is 0 Å². The highest BCUT2D eigenvalue weighted by atomic mass is 16.5. The molecule has 0 aliphatic heterocycles. The molecular formula is C24H23N5O3. The van der Waals surface area contributed by atoms with Crippen LogP contribution in [0, 0.1) is 0 Å². The zero-order valence-corrected chi connectivity index (χ0v) is 17.6. The normalized spacial score (nSPS) is 10.5. The number of amides is 2. The third kappa shape index (κ3) is 5.48. The lowest BCUT2D eigenvalue weighted by Gasteiger charge is -2.11. The topological polar surface area (TPSA) is 102 Å². The van der Waals surface area contributed by atoms with Crippen molar-refractivity contribution in [2.45, 2.75) is 12.8 Å². The standard InChI is InChI=1S/C24H23N5O3/c1-31-20-8-6-17(7-9-20)10-15-26-24(30)27-21-5-3-2-4-19(21)16-22-28-23(29-32-22)18-11-13-25-14-12-18/h2-9,11-14H,10,15-16H2,1H3,(H2,26,27,30). The van der Waals surface area contributed by atoms with Crippen molar-refractivity contribution in [2.24, 2.45) is 0 Å². The molecule has 162 valence electrons. The van der Waals surface area contributed by atoms with Gasteiger partial charge in [-0.1, -0.05) is 35.5 Å². The van der Waals surface area contributed by atoms with Gasteiger partial charge in [-0.25, -0.2) is 4.79 Å². The van der Waals surface area contributed by atoms with E-state index in [2.05, 4.69) is 25.8 Å². The zero-order chi connectivity index (χ0) is 22.2. The molecule has 0 aliphatic rings. The van der Waals surface area contributed by atoms with E-state index in [1.54, 1.807) is 19.5 Å². The van der Waals surface area contributed by atoms with Crippen LogP contribution in [0.4, 0.5) is 10.5 Å². The van der Waals surface area contributed by atoms with Crippen LogP contribution < -0.4 is 15.4 Å². The number of ether oxygens (including phenoxy) is 1. The van der Waals surface area contributed by atoms with Gasteiger partial charge in [0.2, 0.25) is 11.7 Å². The third-order valence-corrected chi connectivity index (χ3v) is 4.87. The average Bonchev–Trinajstić information content (AvgIpc) is 3.30. The summed E-state index contributed by atoms with van der Waals surface area (Å²) < 4.78 is 10.6. The second-order valence-corrected chi connectivity index (χ2v) is 7.06. The Hall–Kier alpha value is -4.20. The summed E-state index contributed by atoms with van der Waals surface area (Å²) in [5, 5.41) is 9.82. The molecule has 4 rings (SSSR count). The number of carbonyl (C=O) groups is 1. The van der Waals surface area contributed by atoms with Crippen molar-refractivity contribution >= 4 is 11.7 Å². The minimum absolute atomic E-state index is 0.269. The van der Waals surface area contributed by atoms with Gasteiger partial charge in [-0.15, -0.1) is 0 Å². The Morgan fingerprint density at radius 3 is 2.59 bits per heavy atom. The summed E-state index contributed by atoms with van der Waals surface area (Å²) in [6.07, 6.45) is 4.48. The summed E-state index contributed by atoms with van der Waals surface area (Å²) in [4.78, 5) is 20.8. The van der Waals surface area contributed by atoms with Gasteiger partial charge in [0.05, 0.1) is 13.5 Å². The lowest BCUT2D eigenvalue weighted by atomic mass is 10.1. The molecule has 32 heavy (non-hydrogen) atoms. The fourth-order valence-corrected chi connectivity index (χ4v) is 3.18. The molecule has 8 heteroatoms. The van der Waals surface area contributed by atoms with Crippen molar-refractivity contribution < 1.29 is 14.1 Å². The van der Waals surface area contributed by atoms with E-state index in [0.717, 1.165) is 28.9 Å². The highest BCUT2D eigenvalue weighted by Crippen LogP contribution is 2.20. The Morgan fingerprint density at radius 1 is 1.03 bits per heavy atom. The average molecular weight is 429 g/mol. The van der Waals surface area contributed by atoms with Gasteiger partial charge in [0.1, 0.15) is 5.75 Å². The number of hydrogen-bond donors (Lipinski definition) is 2. The first kappa shape index (κ1) is 21.0. The summed E-state index contributed by atoms with van der Waals surface area (Å²) in [7, 11) is 1.64. The summed E-state index contributed by atoms with van der Waals surface area (Å²) in [6, 6.07) is 18.7. The van der Waals surface area contributed by atoms with Crippen molar-refractivity contribution in [1.29, 1.82) is 0 Å². The molecule has 2 aromatic heterocycles. The van der Waals surface area contributed by atoms with Gasteiger partial charge in [0, 0.05) is 30.2 Å². The van der Waals surface area contributed by atoms with Gasteiger partial charge in [0.25, 0.3) is 0 Å². The molecule has 0 atom stereocenters. The highest BCUT2D eigenvalue weighted by Gasteiger charge is 2.12. The maximum Gasteiger partial charge on any atom is 0.319 e. The van der Waals surface area contributed by atoms with Crippen LogP contribution in [-0.4, -0.2) is 34.8 Å². The largest absolute Gasteiger partial charge is 0.497 e. The number of nitrogens with zero attached hydrogens (tertiary/aromatic N) is 3. The van der Waals surface area contributed by atoms with Gasteiger partial charge in [-0.2, -0.15) is 4.98 Å². The van der Waals surface area contributed by atoms with E-state index in [1.807, 2.05) is 60.7 Å².